The van der Waals surface area contributed by atoms with Crippen LogP contribution in [-0.4, -0.2) is 48.9 Å². The van der Waals surface area contributed by atoms with Crippen molar-refractivity contribution in [1.82, 2.24) is 0 Å². The van der Waals surface area contributed by atoms with Crippen LogP contribution in [0.5, 0.6) is 0 Å². The molecule has 0 aliphatic rings. The maximum atomic E-state index is 2.00. The van der Waals surface area contributed by atoms with Crippen molar-refractivity contribution in [3.8, 4) is 0 Å². The summed E-state index contributed by atoms with van der Waals surface area (Å²) in [5.41, 5.74) is 0. The summed E-state index contributed by atoms with van der Waals surface area (Å²) in [7, 11) is 0. The topological polar surface area (TPSA) is 0 Å². The average Bonchev–Trinajstić information content (AvgIpc) is 1.37. The monoisotopic (exact) mass is 196 g/mol. The van der Waals surface area contributed by atoms with E-state index in [0.717, 1.165) is 0 Å². The minimum atomic E-state index is 0. The van der Waals surface area contributed by atoms with Gasteiger partial charge in [0.15, 0.2) is 0 Å². The van der Waals surface area contributed by atoms with Crippen molar-refractivity contribution in [1.29, 1.82) is 0 Å². The van der Waals surface area contributed by atoms with Gasteiger partial charge in [0.25, 0.3) is 0 Å². The second-order valence-electron chi connectivity index (χ2n) is 0.667. The molecule has 0 aromatic heterocycles. The molecule has 0 saturated heterocycles. The van der Waals surface area contributed by atoms with Gasteiger partial charge in [-0.2, -0.15) is 0 Å². The second kappa shape index (κ2) is 9.00. The molecule has 0 aromatic rings. The summed E-state index contributed by atoms with van der Waals surface area (Å²) in [6, 6.07) is 0. The van der Waals surface area contributed by atoms with Gasteiger partial charge in [0.2, 0.25) is 0 Å². The summed E-state index contributed by atoms with van der Waals surface area (Å²) in [6.07, 6.45) is 4.00. The van der Waals surface area contributed by atoms with Gasteiger partial charge in [-0.25, -0.2) is 0 Å². The fourth-order valence-electron chi connectivity index (χ4n) is 0. The van der Waals surface area contributed by atoms with Crippen molar-refractivity contribution in [2.24, 2.45) is 0 Å². The van der Waals surface area contributed by atoms with Gasteiger partial charge >= 0.3 is 48.9 Å². The Morgan fingerprint density at radius 2 is 1.20 bits per heavy atom. The fraction of sp³-hybridized carbons (Fsp3) is 0.500. The van der Waals surface area contributed by atoms with E-state index < -0.39 is 0 Å². The zero-order valence-corrected chi connectivity index (χ0v) is 3.15. The quantitative estimate of drug-likeness (QED) is 0.394. The molecule has 0 heterocycles. The number of rotatable bonds is 0. The van der Waals surface area contributed by atoms with Crippen molar-refractivity contribution < 1.29 is 0 Å². The Hall–Kier alpha value is 1.31. The van der Waals surface area contributed by atoms with Crippen molar-refractivity contribution in [2.45, 2.75) is 13.8 Å². The van der Waals surface area contributed by atoms with Crippen molar-refractivity contribution >= 4 is 48.9 Å². The molecule has 0 bridgehead atoms. The van der Waals surface area contributed by atoms with E-state index in [0.29, 0.717) is 0 Å². The van der Waals surface area contributed by atoms with Crippen LogP contribution in [0.15, 0.2) is 12.2 Å². The molecule has 28 valence electrons. The Morgan fingerprint density at radius 1 is 1.00 bits per heavy atom. The van der Waals surface area contributed by atoms with E-state index in [1.807, 2.05) is 26.0 Å². The summed E-state index contributed by atoms with van der Waals surface area (Å²) in [4.78, 5) is 0. The standard InChI is InChI=1S/C4H8.Ba.2H/c1-3-4-2;;;/h3-4H,1-2H3;;;. The van der Waals surface area contributed by atoms with Gasteiger partial charge in [-0.3, -0.25) is 0 Å². The summed E-state index contributed by atoms with van der Waals surface area (Å²) in [6.45, 7) is 4.00. The fourth-order valence-corrected chi connectivity index (χ4v) is 0. The number of hydrogen-bond acceptors (Lipinski definition) is 0. The molecule has 0 aromatic carbocycles. The number of allylic oxidation sites excluding steroid dienone is 2. The molecule has 0 nitrogen and oxygen atoms in total. The number of hydrogen-bond donors (Lipinski definition) is 0. The molecule has 0 unspecified atom stereocenters. The summed E-state index contributed by atoms with van der Waals surface area (Å²) in [5, 5.41) is 0. The van der Waals surface area contributed by atoms with Gasteiger partial charge in [-0.1, -0.05) is 12.2 Å². The maximum absolute atomic E-state index is 2.00. The molecule has 0 aliphatic carbocycles. The van der Waals surface area contributed by atoms with Crippen LogP contribution in [0.1, 0.15) is 13.8 Å². The van der Waals surface area contributed by atoms with E-state index >= 15 is 0 Å². The van der Waals surface area contributed by atoms with Gasteiger partial charge < -0.3 is 0 Å². The third kappa shape index (κ3) is 10.9. The Labute approximate surface area is 73.7 Å². The Balaban J connectivity index is 0. The van der Waals surface area contributed by atoms with E-state index in [4.69, 9.17) is 0 Å². The van der Waals surface area contributed by atoms with Crippen LogP contribution < -0.4 is 0 Å². The van der Waals surface area contributed by atoms with Gasteiger partial charge in [-0.05, 0) is 13.8 Å². The van der Waals surface area contributed by atoms with Gasteiger partial charge in [0.05, 0.1) is 0 Å². The van der Waals surface area contributed by atoms with Gasteiger partial charge in [0, 0.05) is 0 Å². The molecule has 0 saturated carbocycles. The second-order valence-corrected chi connectivity index (χ2v) is 0.667. The first-order chi connectivity index (χ1) is 1.91. The van der Waals surface area contributed by atoms with Crippen LogP contribution in [0.2, 0.25) is 0 Å². The SMILES string of the molecule is CC=CC.[BaH2]. The Kier molecular flexibility index (Phi) is 17.2. The van der Waals surface area contributed by atoms with Crippen LogP contribution in [0, 0.1) is 0 Å². The molecule has 0 aliphatic heterocycles. The van der Waals surface area contributed by atoms with Crippen LogP contribution in [0.3, 0.4) is 0 Å². The van der Waals surface area contributed by atoms with Crippen LogP contribution >= 0.6 is 0 Å². The first-order valence-corrected chi connectivity index (χ1v) is 1.49. The van der Waals surface area contributed by atoms with E-state index in [9.17, 15) is 0 Å². The molecular weight excluding hydrogens is 185 g/mol. The third-order valence-electron chi connectivity index (χ3n) is 0.333. The molecule has 0 spiro atoms. The molecule has 0 radical (unpaired) electrons. The predicted molar refractivity (Wildman–Crippen MR) is 29.0 cm³/mol. The van der Waals surface area contributed by atoms with Crippen LogP contribution in [0.4, 0.5) is 0 Å². The first-order valence-electron chi connectivity index (χ1n) is 1.49. The first kappa shape index (κ1) is 9.58. The zero-order valence-electron chi connectivity index (χ0n) is 3.15. The van der Waals surface area contributed by atoms with Crippen LogP contribution in [-0.2, 0) is 0 Å². The zero-order chi connectivity index (χ0) is 3.41. The Morgan fingerprint density at radius 3 is 1.20 bits per heavy atom. The molecule has 0 amide bonds. The van der Waals surface area contributed by atoms with E-state index in [2.05, 4.69) is 0 Å². The summed E-state index contributed by atoms with van der Waals surface area (Å²) >= 11 is 0. The summed E-state index contributed by atoms with van der Waals surface area (Å²) < 4.78 is 0. The normalized spacial score (nSPS) is 7.60. The van der Waals surface area contributed by atoms with Gasteiger partial charge in [-0.15, -0.1) is 0 Å². The van der Waals surface area contributed by atoms with Crippen LogP contribution in [0.25, 0.3) is 0 Å². The van der Waals surface area contributed by atoms with E-state index in [-0.39, 0.29) is 48.9 Å². The van der Waals surface area contributed by atoms with E-state index in [1.165, 1.54) is 0 Å². The molecule has 0 N–H and O–H groups in total. The van der Waals surface area contributed by atoms with Gasteiger partial charge in [0.1, 0.15) is 0 Å². The molecule has 0 rings (SSSR count). The van der Waals surface area contributed by atoms with Crippen molar-refractivity contribution in [2.75, 3.05) is 0 Å². The van der Waals surface area contributed by atoms with Crippen molar-refractivity contribution in [3.05, 3.63) is 12.2 Å². The molecule has 0 fully saturated rings. The summed E-state index contributed by atoms with van der Waals surface area (Å²) in [5.74, 6) is 0. The molecule has 0 atom stereocenters. The molecular formula is C4H10Ba. The predicted octanol–water partition coefficient (Wildman–Crippen LogP) is 0.666. The third-order valence-corrected chi connectivity index (χ3v) is 0.333. The molecule has 1 heteroatoms. The van der Waals surface area contributed by atoms with Crippen molar-refractivity contribution in [3.63, 3.8) is 0 Å². The minimum absolute atomic E-state index is 0. The average molecular weight is 195 g/mol. The van der Waals surface area contributed by atoms with E-state index in [1.54, 1.807) is 0 Å². The Bertz CT molecular complexity index is 18.8. The molecule has 5 heavy (non-hydrogen) atoms.